The van der Waals surface area contributed by atoms with Gasteiger partial charge in [0.15, 0.2) is 11.6 Å². The molecule has 2 N–H and O–H groups in total. The number of carbonyl (C=O) groups excluding carboxylic acids is 1. The highest BCUT2D eigenvalue weighted by molar-refractivity contribution is 7.89. The zero-order valence-electron chi connectivity index (χ0n) is 15.5. The SMILES string of the molecule is CC1(O)CCN(S(=O)(=O)c2cccc(C(=O)Nc3cc(F)c(F)c(Cl)c3)c2)CC1. The van der Waals surface area contributed by atoms with Gasteiger partial charge in [-0.1, -0.05) is 17.7 Å². The lowest BCUT2D eigenvalue weighted by Crippen LogP contribution is -2.45. The lowest BCUT2D eigenvalue weighted by molar-refractivity contribution is 0.0126. The first kappa shape index (κ1) is 21.6. The number of hydrogen-bond acceptors (Lipinski definition) is 4. The van der Waals surface area contributed by atoms with Gasteiger partial charge in [0.2, 0.25) is 10.0 Å². The van der Waals surface area contributed by atoms with Crippen LogP contribution in [0, 0.1) is 11.6 Å². The molecule has 1 aliphatic rings. The summed E-state index contributed by atoms with van der Waals surface area (Å²) in [4.78, 5) is 12.4. The van der Waals surface area contributed by atoms with Crippen LogP contribution in [-0.2, 0) is 10.0 Å². The molecule has 0 atom stereocenters. The van der Waals surface area contributed by atoms with Gasteiger partial charge < -0.3 is 10.4 Å². The molecule has 1 heterocycles. The smallest absolute Gasteiger partial charge is 0.255 e. The molecule has 2 aromatic carbocycles. The van der Waals surface area contributed by atoms with Crippen molar-refractivity contribution in [3.05, 3.63) is 58.6 Å². The standard InChI is InChI=1S/C19H19ClF2N2O4S/c1-19(26)5-7-24(8-6-19)29(27,28)14-4-2-3-12(9-14)18(25)23-13-10-15(20)17(22)16(21)11-13/h2-4,9-11,26H,5-8H2,1H3,(H,23,25). The summed E-state index contributed by atoms with van der Waals surface area (Å²) in [6, 6.07) is 7.22. The number of benzene rings is 2. The van der Waals surface area contributed by atoms with E-state index < -0.39 is 38.2 Å². The van der Waals surface area contributed by atoms with E-state index in [1.54, 1.807) is 6.92 Å². The molecule has 3 rings (SSSR count). The summed E-state index contributed by atoms with van der Waals surface area (Å²) >= 11 is 5.57. The van der Waals surface area contributed by atoms with Crippen molar-refractivity contribution in [3.8, 4) is 0 Å². The van der Waals surface area contributed by atoms with Gasteiger partial charge in [0.25, 0.3) is 5.91 Å². The third kappa shape index (κ3) is 4.75. The summed E-state index contributed by atoms with van der Waals surface area (Å²) in [6.07, 6.45) is 0.618. The van der Waals surface area contributed by atoms with Crippen molar-refractivity contribution < 1.29 is 27.1 Å². The van der Waals surface area contributed by atoms with Crippen LogP contribution >= 0.6 is 11.6 Å². The van der Waals surface area contributed by atoms with Crippen molar-refractivity contribution in [2.75, 3.05) is 18.4 Å². The van der Waals surface area contributed by atoms with E-state index in [2.05, 4.69) is 5.32 Å². The Morgan fingerprint density at radius 2 is 1.86 bits per heavy atom. The first-order chi connectivity index (χ1) is 13.5. The Morgan fingerprint density at radius 1 is 1.21 bits per heavy atom. The maximum Gasteiger partial charge on any atom is 0.255 e. The van der Waals surface area contributed by atoms with Gasteiger partial charge in [-0.3, -0.25) is 4.79 Å². The van der Waals surface area contributed by atoms with Crippen LogP contribution < -0.4 is 5.32 Å². The molecule has 1 aliphatic heterocycles. The average Bonchev–Trinajstić information content (AvgIpc) is 2.66. The van der Waals surface area contributed by atoms with E-state index in [1.165, 1.54) is 28.6 Å². The Hall–Kier alpha value is -2.07. The lowest BCUT2D eigenvalue weighted by Gasteiger charge is -2.35. The fraction of sp³-hybridized carbons (Fsp3) is 0.316. The first-order valence-electron chi connectivity index (χ1n) is 8.78. The second-order valence-corrected chi connectivity index (χ2v) is 9.48. The van der Waals surface area contributed by atoms with Crippen molar-refractivity contribution in [1.29, 1.82) is 0 Å². The van der Waals surface area contributed by atoms with Crippen LogP contribution in [-0.4, -0.2) is 42.4 Å². The van der Waals surface area contributed by atoms with Crippen LogP contribution in [0.5, 0.6) is 0 Å². The van der Waals surface area contributed by atoms with Crippen molar-refractivity contribution >= 4 is 33.2 Å². The highest BCUT2D eigenvalue weighted by Gasteiger charge is 2.34. The number of rotatable bonds is 4. The van der Waals surface area contributed by atoms with Crippen LogP contribution in [0.1, 0.15) is 30.1 Å². The number of nitrogens with zero attached hydrogens (tertiary/aromatic N) is 1. The Balaban J connectivity index is 1.81. The summed E-state index contributed by atoms with van der Waals surface area (Å²) in [7, 11) is -3.85. The molecule has 0 saturated carbocycles. The normalized spacial score (nSPS) is 17.1. The largest absolute Gasteiger partial charge is 0.390 e. The van der Waals surface area contributed by atoms with Gasteiger partial charge in [0.05, 0.1) is 15.5 Å². The number of hydrogen-bond donors (Lipinski definition) is 2. The molecular weight excluding hydrogens is 426 g/mol. The van der Waals surface area contributed by atoms with Crippen molar-refractivity contribution in [2.45, 2.75) is 30.3 Å². The van der Waals surface area contributed by atoms with Gasteiger partial charge in [-0.2, -0.15) is 4.31 Å². The van der Waals surface area contributed by atoms with Gasteiger partial charge in [0, 0.05) is 30.4 Å². The number of amides is 1. The van der Waals surface area contributed by atoms with Crippen LogP contribution in [0.4, 0.5) is 14.5 Å². The molecule has 156 valence electrons. The van der Waals surface area contributed by atoms with Gasteiger partial charge in [-0.05, 0) is 44.0 Å². The molecule has 0 aromatic heterocycles. The summed E-state index contributed by atoms with van der Waals surface area (Å²) in [5.41, 5.74) is -0.944. The molecule has 6 nitrogen and oxygen atoms in total. The number of carbonyl (C=O) groups is 1. The number of anilines is 1. The number of halogens is 3. The van der Waals surface area contributed by atoms with Gasteiger partial charge >= 0.3 is 0 Å². The van der Waals surface area contributed by atoms with E-state index in [0.29, 0.717) is 12.8 Å². The van der Waals surface area contributed by atoms with Crippen LogP contribution in [0.2, 0.25) is 5.02 Å². The average molecular weight is 445 g/mol. The third-order valence-electron chi connectivity index (χ3n) is 4.78. The van der Waals surface area contributed by atoms with E-state index in [0.717, 1.165) is 12.1 Å². The highest BCUT2D eigenvalue weighted by atomic mass is 35.5. The van der Waals surface area contributed by atoms with E-state index >= 15 is 0 Å². The van der Waals surface area contributed by atoms with E-state index in [9.17, 15) is 27.1 Å². The monoisotopic (exact) mass is 444 g/mol. The molecule has 1 fully saturated rings. The van der Waals surface area contributed by atoms with Crippen LogP contribution in [0.3, 0.4) is 0 Å². The Labute approximate surface area is 172 Å². The molecule has 0 aliphatic carbocycles. The molecule has 1 amide bonds. The Morgan fingerprint density at radius 3 is 2.48 bits per heavy atom. The Bertz CT molecular complexity index is 1030. The molecule has 0 spiro atoms. The molecule has 2 aromatic rings. The maximum absolute atomic E-state index is 13.5. The summed E-state index contributed by atoms with van der Waals surface area (Å²) in [5.74, 6) is -3.14. The minimum absolute atomic E-state index is 0.0240. The van der Waals surface area contributed by atoms with Gasteiger partial charge in [-0.15, -0.1) is 0 Å². The lowest BCUT2D eigenvalue weighted by atomic mass is 9.95. The van der Waals surface area contributed by atoms with Gasteiger partial charge in [-0.25, -0.2) is 17.2 Å². The predicted octanol–water partition coefficient (Wildman–Crippen LogP) is 3.41. The quantitative estimate of drug-likeness (QED) is 0.707. The molecule has 0 radical (unpaired) electrons. The number of aliphatic hydroxyl groups is 1. The minimum Gasteiger partial charge on any atom is -0.390 e. The first-order valence-corrected chi connectivity index (χ1v) is 10.6. The summed E-state index contributed by atoms with van der Waals surface area (Å²) in [5, 5.41) is 11.9. The summed E-state index contributed by atoms with van der Waals surface area (Å²) < 4.78 is 53.7. The highest BCUT2D eigenvalue weighted by Crippen LogP contribution is 2.27. The molecular formula is C19H19ClF2N2O4S. The van der Waals surface area contributed by atoms with Gasteiger partial charge in [0.1, 0.15) is 0 Å². The zero-order chi connectivity index (χ0) is 21.4. The van der Waals surface area contributed by atoms with Crippen molar-refractivity contribution in [1.82, 2.24) is 4.31 Å². The molecule has 29 heavy (non-hydrogen) atoms. The maximum atomic E-state index is 13.5. The summed E-state index contributed by atoms with van der Waals surface area (Å²) in [6.45, 7) is 1.99. The Kier molecular flexibility index (Phi) is 5.96. The fourth-order valence-corrected chi connectivity index (χ4v) is 4.68. The van der Waals surface area contributed by atoms with E-state index in [1.807, 2.05) is 0 Å². The topological polar surface area (TPSA) is 86.7 Å². The van der Waals surface area contributed by atoms with E-state index in [-0.39, 0.29) is 29.2 Å². The number of piperidine rings is 1. The molecule has 10 heteroatoms. The second-order valence-electron chi connectivity index (χ2n) is 7.14. The minimum atomic E-state index is -3.85. The molecule has 0 bridgehead atoms. The molecule has 1 saturated heterocycles. The zero-order valence-corrected chi connectivity index (χ0v) is 17.0. The van der Waals surface area contributed by atoms with E-state index in [4.69, 9.17) is 11.6 Å². The third-order valence-corrected chi connectivity index (χ3v) is 6.94. The fourth-order valence-electron chi connectivity index (χ4n) is 2.99. The van der Waals surface area contributed by atoms with Crippen LogP contribution in [0.25, 0.3) is 0 Å². The predicted molar refractivity (Wildman–Crippen MR) is 104 cm³/mol. The number of sulfonamides is 1. The molecule has 0 unspecified atom stereocenters. The van der Waals surface area contributed by atoms with Crippen LogP contribution in [0.15, 0.2) is 41.3 Å². The number of nitrogens with one attached hydrogen (secondary N) is 1. The van der Waals surface area contributed by atoms with Crippen molar-refractivity contribution in [3.63, 3.8) is 0 Å². The van der Waals surface area contributed by atoms with Crippen molar-refractivity contribution in [2.24, 2.45) is 0 Å². The second kappa shape index (κ2) is 7.98.